The smallest absolute Gasteiger partial charge is 0.289 e. The molecule has 1 aromatic carbocycles. The Morgan fingerprint density at radius 1 is 1.29 bits per heavy atom. The third-order valence-corrected chi connectivity index (χ3v) is 3.42. The van der Waals surface area contributed by atoms with Crippen molar-refractivity contribution in [2.24, 2.45) is 5.73 Å². The Morgan fingerprint density at radius 2 is 1.76 bits per heavy atom. The van der Waals surface area contributed by atoms with Crippen molar-refractivity contribution in [2.75, 3.05) is 6.61 Å². The molecule has 4 N–H and O–H groups in total. The van der Waals surface area contributed by atoms with Crippen LogP contribution in [0.4, 0.5) is 8.78 Å². The summed E-state index contributed by atoms with van der Waals surface area (Å²) in [7, 11) is 0. The molecule has 0 aromatic heterocycles. The van der Waals surface area contributed by atoms with E-state index in [4.69, 9.17) is 10.8 Å². The van der Waals surface area contributed by atoms with Crippen LogP contribution in [0, 0.1) is 0 Å². The topological polar surface area (TPSA) is 66.5 Å². The Hall–Kier alpha value is 0.0500. The van der Waals surface area contributed by atoms with Crippen LogP contribution in [0.3, 0.4) is 0 Å². The van der Waals surface area contributed by atoms with Crippen LogP contribution in [0.2, 0.25) is 0 Å². The maximum atomic E-state index is 13.2. The molecule has 0 aliphatic heterocycles. The number of phenolic OH excluding ortho intramolecular Hbond substituents is 1. The normalized spacial score (nSPS) is 13.1. The van der Waals surface area contributed by atoms with Gasteiger partial charge in [0.25, 0.3) is 5.92 Å². The molecule has 0 amide bonds. The van der Waals surface area contributed by atoms with Gasteiger partial charge in [-0.05, 0) is 28.1 Å². The molecule has 0 radical (unpaired) electrons. The maximum Gasteiger partial charge on any atom is 0.289 e. The molecule has 17 heavy (non-hydrogen) atoms. The first-order valence-corrected chi connectivity index (χ1v) is 5.81. The number of nitrogens with two attached hydrogens (primary N) is 1. The number of phenols is 1. The van der Waals surface area contributed by atoms with Gasteiger partial charge in [-0.3, -0.25) is 0 Å². The van der Waals surface area contributed by atoms with Crippen molar-refractivity contribution < 1.29 is 19.0 Å². The second-order valence-electron chi connectivity index (χ2n) is 3.19. The second kappa shape index (κ2) is 6.29. The molecule has 0 saturated heterocycles. The zero-order chi connectivity index (χ0) is 12.5. The zero-order valence-electron chi connectivity index (χ0n) is 8.33. The van der Waals surface area contributed by atoms with E-state index >= 15 is 0 Å². The summed E-state index contributed by atoms with van der Waals surface area (Å²) < 4.78 is 26.9. The molecule has 1 aromatic rings. The van der Waals surface area contributed by atoms with Gasteiger partial charge >= 0.3 is 0 Å². The van der Waals surface area contributed by atoms with Crippen LogP contribution in [0.5, 0.6) is 5.75 Å². The van der Waals surface area contributed by atoms with E-state index in [9.17, 15) is 13.9 Å². The van der Waals surface area contributed by atoms with Crippen LogP contribution in [-0.4, -0.2) is 22.7 Å². The zero-order valence-corrected chi connectivity index (χ0v) is 12.3. The predicted octanol–water partition coefficient (Wildman–Crippen LogP) is 2.97. The minimum absolute atomic E-state index is 0. The lowest BCUT2D eigenvalue weighted by molar-refractivity contribution is -0.0717. The van der Waals surface area contributed by atoms with Gasteiger partial charge in [0.2, 0.25) is 0 Å². The average Bonchev–Trinajstić information content (AvgIpc) is 2.24. The summed E-state index contributed by atoms with van der Waals surface area (Å²) in [6.07, 6.45) is 0. The van der Waals surface area contributed by atoms with E-state index in [1.807, 2.05) is 0 Å². The fraction of sp³-hybridized carbons (Fsp3) is 0.333. The fourth-order valence-corrected chi connectivity index (χ4v) is 2.07. The molecule has 0 aliphatic carbocycles. The van der Waals surface area contributed by atoms with E-state index in [1.54, 1.807) is 0 Å². The molecule has 8 heteroatoms. The molecular formula is C9H10Br2ClF2NO2. The van der Waals surface area contributed by atoms with Gasteiger partial charge in [-0.15, -0.1) is 12.4 Å². The predicted molar refractivity (Wildman–Crippen MR) is 69.7 cm³/mol. The van der Waals surface area contributed by atoms with Crippen LogP contribution < -0.4 is 5.73 Å². The number of alkyl halides is 2. The molecule has 0 saturated carbocycles. The number of aliphatic hydroxyl groups excluding tert-OH is 1. The first-order valence-electron chi connectivity index (χ1n) is 4.22. The summed E-state index contributed by atoms with van der Waals surface area (Å²) in [6.45, 7) is -1.38. The lowest BCUT2D eigenvalue weighted by Gasteiger charge is -2.23. The molecule has 3 nitrogen and oxygen atoms in total. The number of benzene rings is 1. The molecule has 0 bridgehead atoms. The molecule has 0 fully saturated rings. The van der Waals surface area contributed by atoms with Gasteiger partial charge in [-0.1, -0.05) is 15.9 Å². The highest BCUT2D eigenvalue weighted by Crippen LogP contribution is 2.41. The minimum Gasteiger partial charge on any atom is -0.506 e. The van der Waals surface area contributed by atoms with Crippen molar-refractivity contribution in [2.45, 2.75) is 12.0 Å². The lowest BCUT2D eigenvalue weighted by atomic mass is 10.0. The van der Waals surface area contributed by atoms with E-state index in [0.29, 0.717) is 0 Å². The summed E-state index contributed by atoms with van der Waals surface area (Å²) >= 11 is 6.03. The molecule has 0 unspecified atom stereocenters. The summed E-state index contributed by atoms with van der Waals surface area (Å²) in [5, 5.41) is 18.2. The van der Waals surface area contributed by atoms with Gasteiger partial charge in [-0.25, -0.2) is 8.78 Å². The van der Waals surface area contributed by atoms with E-state index in [-0.39, 0.29) is 32.7 Å². The number of rotatable bonds is 3. The number of halogens is 5. The van der Waals surface area contributed by atoms with Gasteiger partial charge in [0.1, 0.15) is 18.4 Å². The van der Waals surface area contributed by atoms with Gasteiger partial charge in [0, 0.05) is 10.0 Å². The first-order chi connectivity index (χ1) is 7.31. The Balaban J connectivity index is 0.00000256. The molecule has 0 aliphatic rings. The largest absolute Gasteiger partial charge is 0.506 e. The van der Waals surface area contributed by atoms with Crippen molar-refractivity contribution in [3.63, 3.8) is 0 Å². The SMILES string of the molecule is Cl.N[C@H](c1c(Br)ccc(Br)c1O)C(F)(F)CO. The van der Waals surface area contributed by atoms with Crippen LogP contribution in [0.1, 0.15) is 11.6 Å². The highest BCUT2D eigenvalue weighted by Gasteiger charge is 2.40. The van der Waals surface area contributed by atoms with E-state index < -0.39 is 18.6 Å². The van der Waals surface area contributed by atoms with Gasteiger partial charge in [0.15, 0.2) is 0 Å². The van der Waals surface area contributed by atoms with Crippen LogP contribution in [0.15, 0.2) is 21.1 Å². The third kappa shape index (κ3) is 3.51. The molecule has 1 rings (SSSR count). The minimum atomic E-state index is -3.50. The lowest BCUT2D eigenvalue weighted by Crippen LogP contribution is -2.36. The second-order valence-corrected chi connectivity index (χ2v) is 4.90. The molecule has 1 atom stereocenters. The highest BCUT2D eigenvalue weighted by atomic mass is 79.9. The summed E-state index contributed by atoms with van der Waals surface area (Å²) in [4.78, 5) is 0. The number of aromatic hydroxyl groups is 1. The van der Waals surface area contributed by atoms with Gasteiger partial charge in [-0.2, -0.15) is 0 Å². The van der Waals surface area contributed by atoms with E-state index in [2.05, 4.69) is 31.9 Å². The van der Waals surface area contributed by atoms with Crippen LogP contribution in [-0.2, 0) is 0 Å². The highest BCUT2D eigenvalue weighted by molar-refractivity contribution is 9.11. The number of hydrogen-bond acceptors (Lipinski definition) is 3. The molecular weight excluding hydrogens is 387 g/mol. The van der Waals surface area contributed by atoms with E-state index in [1.165, 1.54) is 12.1 Å². The number of aliphatic hydroxyl groups is 1. The summed E-state index contributed by atoms with van der Waals surface area (Å²) in [5.74, 6) is -3.86. The third-order valence-electron chi connectivity index (χ3n) is 2.09. The summed E-state index contributed by atoms with van der Waals surface area (Å²) in [5.41, 5.74) is 5.19. The van der Waals surface area contributed by atoms with Crippen molar-refractivity contribution in [3.8, 4) is 5.75 Å². The molecule has 98 valence electrons. The van der Waals surface area contributed by atoms with Gasteiger partial charge < -0.3 is 15.9 Å². The van der Waals surface area contributed by atoms with Crippen molar-refractivity contribution in [3.05, 3.63) is 26.6 Å². The monoisotopic (exact) mass is 395 g/mol. The van der Waals surface area contributed by atoms with E-state index in [0.717, 1.165) is 0 Å². The standard InChI is InChI=1S/C9H9Br2F2NO2.ClH/c10-4-1-2-5(11)7(16)6(4)8(14)9(12,13)3-15;/h1-2,8,15-16H,3,14H2;1H/t8-;/m1./s1. The summed E-state index contributed by atoms with van der Waals surface area (Å²) in [6, 6.07) is 1.18. The Kier molecular flexibility index (Phi) is 6.30. The maximum absolute atomic E-state index is 13.2. The Labute approximate surface area is 120 Å². The Bertz CT molecular complexity index is 407. The molecule has 0 spiro atoms. The number of hydrogen-bond donors (Lipinski definition) is 3. The average molecular weight is 397 g/mol. The van der Waals surface area contributed by atoms with Crippen molar-refractivity contribution in [1.82, 2.24) is 0 Å². The van der Waals surface area contributed by atoms with Crippen LogP contribution >= 0.6 is 44.3 Å². The first kappa shape index (κ1) is 17.1. The van der Waals surface area contributed by atoms with Crippen LogP contribution in [0.25, 0.3) is 0 Å². The molecule has 0 heterocycles. The Morgan fingerprint density at radius 3 is 2.24 bits per heavy atom. The van der Waals surface area contributed by atoms with Crippen molar-refractivity contribution in [1.29, 1.82) is 0 Å². The van der Waals surface area contributed by atoms with Crippen molar-refractivity contribution >= 4 is 44.3 Å². The van der Waals surface area contributed by atoms with Gasteiger partial charge in [0.05, 0.1) is 4.47 Å². The fourth-order valence-electron chi connectivity index (χ4n) is 1.16. The quantitative estimate of drug-likeness (QED) is 0.735.